The summed E-state index contributed by atoms with van der Waals surface area (Å²) in [7, 11) is 0. The van der Waals surface area contributed by atoms with Gasteiger partial charge in [-0.1, -0.05) is 61.2 Å². The van der Waals surface area contributed by atoms with Crippen molar-refractivity contribution in [1.82, 2.24) is 20.3 Å². The lowest BCUT2D eigenvalue weighted by atomic mass is 10.0. The molecule has 0 unspecified atom stereocenters. The molecule has 8 heteroatoms. The van der Waals surface area contributed by atoms with E-state index >= 15 is 0 Å². The second-order valence-electron chi connectivity index (χ2n) is 7.06. The molecule has 1 aliphatic rings. The first-order chi connectivity index (χ1) is 14.8. The minimum absolute atomic E-state index is 0.146. The molecule has 0 fully saturated rings. The van der Waals surface area contributed by atoms with Crippen molar-refractivity contribution in [3.8, 4) is 22.5 Å². The highest BCUT2D eigenvalue weighted by Gasteiger charge is 2.39. The van der Waals surface area contributed by atoms with Crippen LogP contribution in [0.25, 0.3) is 22.5 Å². The fourth-order valence-electron chi connectivity index (χ4n) is 3.70. The Kier molecular flexibility index (Phi) is 4.84. The molecule has 4 aromatic rings. The number of nitrogens with one attached hydrogen (secondary N) is 3. The number of hydrogen-bond donors (Lipinski definition) is 3. The predicted octanol–water partition coefficient (Wildman–Crippen LogP) is 3.59. The monoisotopic (exact) mass is 417 g/mol. The Morgan fingerprint density at radius 3 is 2.73 bits per heavy atom. The normalized spacial score (nSPS) is 14.6. The Hall–Kier alpha value is -3.39. The third-order valence-corrected chi connectivity index (χ3v) is 6.12. The third kappa shape index (κ3) is 3.19. The number of aromatic nitrogens is 5. The van der Waals surface area contributed by atoms with Crippen molar-refractivity contribution >= 4 is 17.4 Å². The fourth-order valence-corrected chi connectivity index (χ4v) is 4.41. The lowest BCUT2D eigenvalue weighted by Crippen LogP contribution is -2.55. The van der Waals surface area contributed by atoms with Crippen LogP contribution in [0.2, 0.25) is 0 Å². The number of anilines is 1. The van der Waals surface area contributed by atoms with Gasteiger partial charge in [-0.15, -0.1) is 0 Å². The van der Waals surface area contributed by atoms with E-state index in [4.69, 9.17) is 5.10 Å². The fraction of sp³-hybridized carbons (Fsp3) is 0.182. The van der Waals surface area contributed by atoms with E-state index in [1.807, 2.05) is 54.6 Å². The molecule has 0 saturated carbocycles. The van der Waals surface area contributed by atoms with Crippen LogP contribution in [0.3, 0.4) is 0 Å². The summed E-state index contributed by atoms with van der Waals surface area (Å²) in [5.74, 6) is 0.887. The summed E-state index contributed by atoms with van der Waals surface area (Å²) in [5, 5.41) is 16.4. The van der Waals surface area contributed by atoms with E-state index in [2.05, 4.69) is 27.4 Å². The summed E-state index contributed by atoms with van der Waals surface area (Å²) < 4.78 is 1.79. The molecule has 1 aliphatic heterocycles. The van der Waals surface area contributed by atoms with Crippen LogP contribution in [0, 0.1) is 0 Å². The Labute approximate surface area is 177 Å². The average Bonchev–Trinajstić information content (AvgIpc) is 3.27. The molecule has 2 aromatic heterocycles. The van der Waals surface area contributed by atoms with Crippen molar-refractivity contribution in [1.29, 1.82) is 0 Å². The first kappa shape index (κ1) is 18.6. The predicted molar refractivity (Wildman–Crippen MR) is 117 cm³/mol. The van der Waals surface area contributed by atoms with E-state index in [0.29, 0.717) is 10.9 Å². The van der Waals surface area contributed by atoms with E-state index in [0.717, 1.165) is 40.2 Å². The van der Waals surface area contributed by atoms with E-state index in [9.17, 15) is 4.79 Å². The Balaban J connectivity index is 1.70. The number of hydrogen-bond acceptors (Lipinski definition) is 5. The summed E-state index contributed by atoms with van der Waals surface area (Å²) in [6.07, 6.45) is 2.43. The Bertz CT molecular complexity index is 1250. The maximum absolute atomic E-state index is 13.1. The largest absolute Gasteiger partial charge is 0.325 e. The Morgan fingerprint density at radius 2 is 1.90 bits per heavy atom. The van der Waals surface area contributed by atoms with E-state index < -0.39 is 0 Å². The average molecular weight is 418 g/mol. The van der Waals surface area contributed by atoms with Crippen LogP contribution < -0.4 is 15.6 Å². The molecule has 1 atom stereocenters. The highest BCUT2D eigenvalue weighted by atomic mass is 32.2. The molecule has 5 rings (SSSR count). The van der Waals surface area contributed by atoms with Gasteiger partial charge in [-0.25, -0.2) is 0 Å². The molecule has 30 heavy (non-hydrogen) atoms. The van der Waals surface area contributed by atoms with Crippen molar-refractivity contribution in [2.24, 2.45) is 0 Å². The number of nitrogens with zero attached hydrogens (tertiary/aromatic N) is 3. The summed E-state index contributed by atoms with van der Waals surface area (Å²) in [5.41, 5.74) is 4.96. The molecule has 0 amide bonds. The maximum atomic E-state index is 13.1. The smallest absolute Gasteiger partial charge is 0.321 e. The highest BCUT2D eigenvalue weighted by molar-refractivity contribution is 7.99. The minimum atomic E-state index is -0.368. The summed E-state index contributed by atoms with van der Waals surface area (Å²) in [4.78, 5) is 16.0. The lowest BCUT2D eigenvalue weighted by molar-refractivity contribution is -0.759. The van der Waals surface area contributed by atoms with Crippen molar-refractivity contribution < 1.29 is 4.68 Å². The zero-order valence-electron chi connectivity index (χ0n) is 16.4. The summed E-state index contributed by atoms with van der Waals surface area (Å²) >= 11 is 1.55. The molecular formula is C22H21N6OS+. The second-order valence-corrected chi connectivity index (χ2v) is 8.14. The van der Waals surface area contributed by atoms with Gasteiger partial charge < -0.3 is 5.32 Å². The molecule has 0 aliphatic carbocycles. The van der Waals surface area contributed by atoms with Crippen molar-refractivity contribution in [3.63, 3.8) is 0 Å². The van der Waals surface area contributed by atoms with Gasteiger partial charge in [0, 0.05) is 16.4 Å². The zero-order valence-corrected chi connectivity index (χ0v) is 17.2. The number of benzene rings is 2. The van der Waals surface area contributed by atoms with Crippen LogP contribution >= 0.6 is 11.8 Å². The van der Waals surface area contributed by atoms with Crippen molar-refractivity contribution in [3.05, 3.63) is 76.7 Å². The highest BCUT2D eigenvalue weighted by Crippen LogP contribution is 2.34. The van der Waals surface area contributed by atoms with Crippen molar-refractivity contribution in [2.75, 3.05) is 11.1 Å². The van der Waals surface area contributed by atoms with E-state index in [1.165, 1.54) is 0 Å². The SMILES string of the molecule is CCCSc1n[n+]2c(c(=O)[nH]1)-c1ccccc1N[C@H]2c1cn[nH]c1-c1ccccc1. The van der Waals surface area contributed by atoms with Crippen molar-refractivity contribution in [2.45, 2.75) is 24.7 Å². The molecule has 3 heterocycles. The molecule has 7 nitrogen and oxygen atoms in total. The molecule has 3 N–H and O–H groups in total. The molecular weight excluding hydrogens is 396 g/mol. The standard InChI is InChI=1S/C22H20N6OS/c1-2-12-30-22-25-21(29)19-15-10-6-7-11-17(15)24-20(28(19)27-22)16-13-23-26-18(16)14-8-4-3-5-9-14/h3-11,13,20H,2,12H2,1H3,(H2,23,25,26,27,29)/p+1/t20-/m1/s1. The van der Waals surface area contributed by atoms with Crippen LogP contribution in [0.1, 0.15) is 25.1 Å². The first-order valence-corrected chi connectivity index (χ1v) is 10.9. The Morgan fingerprint density at radius 1 is 1.10 bits per heavy atom. The van der Waals surface area contributed by atoms with Crippen LogP contribution in [-0.4, -0.2) is 26.0 Å². The first-order valence-electron chi connectivity index (χ1n) is 9.90. The molecule has 2 aromatic carbocycles. The van der Waals surface area contributed by atoms with E-state index in [1.54, 1.807) is 22.6 Å². The minimum Gasteiger partial charge on any atom is -0.321 e. The maximum Gasteiger partial charge on any atom is 0.325 e. The molecule has 0 radical (unpaired) electrons. The molecule has 150 valence electrons. The van der Waals surface area contributed by atoms with Crippen LogP contribution in [-0.2, 0) is 0 Å². The topological polar surface area (TPSA) is 90.3 Å². The number of fused-ring (bicyclic) bond motifs is 3. The summed E-state index contributed by atoms with van der Waals surface area (Å²) in [6.45, 7) is 2.11. The van der Waals surface area contributed by atoms with Gasteiger partial charge in [-0.05, 0) is 23.2 Å². The second kappa shape index (κ2) is 7.79. The zero-order chi connectivity index (χ0) is 20.5. The van der Waals surface area contributed by atoms with Gasteiger partial charge in [0.15, 0.2) is 0 Å². The van der Waals surface area contributed by atoms with Gasteiger partial charge in [0.05, 0.1) is 28.7 Å². The van der Waals surface area contributed by atoms with Gasteiger partial charge in [-0.2, -0.15) is 5.10 Å². The number of aromatic amines is 2. The number of thioether (sulfide) groups is 1. The lowest BCUT2D eigenvalue weighted by Gasteiger charge is -2.22. The van der Waals surface area contributed by atoms with Crippen LogP contribution in [0.15, 0.2) is 70.7 Å². The quantitative estimate of drug-likeness (QED) is 0.341. The summed E-state index contributed by atoms with van der Waals surface area (Å²) in [6, 6.07) is 17.8. The third-order valence-electron chi connectivity index (χ3n) is 5.05. The van der Waals surface area contributed by atoms with Crippen LogP contribution in [0.5, 0.6) is 0 Å². The van der Waals surface area contributed by atoms with Gasteiger partial charge in [0.2, 0.25) is 5.16 Å². The van der Waals surface area contributed by atoms with Crippen LogP contribution in [0.4, 0.5) is 5.69 Å². The van der Waals surface area contributed by atoms with Gasteiger partial charge in [0.25, 0.3) is 6.17 Å². The van der Waals surface area contributed by atoms with Gasteiger partial charge in [0.1, 0.15) is 0 Å². The number of H-pyrrole nitrogens is 2. The van der Waals surface area contributed by atoms with Gasteiger partial charge >= 0.3 is 11.3 Å². The number of para-hydroxylation sites is 1. The number of rotatable bonds is 5. The molecule has 0 bridgehead atoms. The molecule has 0 saturated heterocycles. The van der Waals surface area contributed by atoms with Gasteiger partial charge in [-0.3, -0.25) is 14.9 Å². The van der Waals surface area contributed by atoms with E-state index in [-0.39, 0.29) is 11.7 Å². The molecule has 0 spiro atoms.